The first-order valence-electron chi connectivity index (χ1n) is 6.57. The van der Waals surface area contributed by atoms with E-state index in [9.17, 15) is 13.2 Å². The van der Waals surface area contributed by atoms with Gasteiger partial charge in [0.25, 0.3) is 0 Å². The summed E-state index contributed by atoms with van der Waals surface area (Å²) in [5.74, 6) is 0.900. The maximum absolute atomic E-state index is 12.2. The fourth-order valence-corrected chi connectivity index (χ4v) is 3.01. The lowest BCUT2D eigenvalue weighted by Crippen LogP contribution is -2.23. The quantitative estimate of drug-likeness (QED) is 0.852. The van der Waals surface area contributed by atoms with Crippen molar-refractivity contribution in [3.8, 4) is 0 Å². The average Bonchev–Trinajstić information content (AvgIpc) is 2.82. The van der Waals surface area contributed by atoms with Gasteiger partial charge in [0.15, 0.2) is 0 Å². The van der Waals surface area contributed by atoms with Crippen LogP contribution in [-0.4, -0.2) is 21.5 Å². The molecule has 22 heavy (non-hydrogen) atoms. The summed E-state index contributed by atoms with van der Waals surface area (Å²) in [5.41, 5.74) is 1.08. The Morgan fingerprint density at radius 2 is 1.86 bits per heavy atom. The zero-order valence-electron chi connectivity index (χ0n) is 12.5. The lowest BCUT2D eigenvalue weighted by molar-refractivity contribution is 0.0600. The summed E-state index contributed by atoms with van der Waals surface area (Å²) in [5, 5.41) is 0. The Morgan fingerprint density at radius 1 is 1.23 bits per heavy atom. The Labute approximate surface area is 129 Å². The zero-order chi connectivity index (χ0) is 16.3. The molecule has 0 aliphatic heterocycles. The monoisotopic (exact) mass is 323 g/mol. The maximum Gasteiger partial charge on any atom is 0.337 e. The van der Waals surface area contributed by atoms with E-state index in [1.807, 2.05) is 0 Å². The van der Waals surface area contributed by atoms with Gasteiger partial charge < -0.3 is 9.15 Å². The topological polar surface area (TPSA) is 85.6 Å². The molecule has 6 nitrogen and oxygen atoms in total. The zero-order valence-corrected chi connectivity index (χ0v) is 13.4. The minimum Gasteiger partial charge on any atom is -0.466 e. The van der Waals surface area contributed by atoms with Gasteiger partial charge in [-0.3, -0.25) is 0 Å². The van der Waals surface area contributed by atoms with Gasteiger partial charge in [-0.15, -0.1) is 0 Å². The lowest BCUT2D eigenvalue weighted by Gasteiger charge is -2.07. The molecule has 0 unspecified atom stereocenters. The Hall–Kier alpha value is -2.12. The number of esters is 1. The smallest absolute Gasteiger partial charge is 0.337 e. The summed E-state index contributed by atoms with van der Waals surface area (Å²) in [7, 11) is -2.39. The van der Waals surface area contributed by atoms with Crippen molar-refractivity contribution in [1.82, 2.24) is 4.72 Å². The second kappa shape index (κ2) is 6.33. The first-order valence-corrected chi connectivity index (χ1v) is 8.06. The molecule has 7 heteroatoms. The van der Waals surface area contributed by atoms with Crippen molar-refractivity contribution in [2.45, 2.75) is 25.3 Å². The third kappa shape index (κ3) is 3.55. The van der Waals surface area contributed by atoms with Gasteiger partial charge in [0, 0.05) is 12.1 Å². The van der Waals surface area contributed by atoms with Gasteiger partial charge in [-0.05, 0) is 44.2 Å². The van der Waals surface area contributed by atoms with Crippen molar-refractivity contribution < 1.29 is 22.4 Å². The molecule has 0 spiro atoms. The fourth-order valence-electron chi connectivity index (χ4n) is 2.00. The molecule has 118 valence electrons. The summed E-state index contributed by atoms with van der Waals surface area (Å²) in [6.07, 6.45) is 0. The first kappa shape index (κ1) is 16.3. The minimum atomic E-state index is -3.66. The summed E-state index contributed by atoms with van der Waals surface area (Å²) in [6, 6.07) is 7.34. The van der Waals surface area contributed by atoms with Crippen LogP contribution in [0.2, 0.25) is 0 Å². The molecule has 0 amide bonds. The van der Waals surface area contributed by atoms with E-state index in [0.29, 0.717) is 11.3 Å². The predicted octanol–water partition coefficient (Wildman–Crippen LogP) is 2.16. The molecule has 0 aliphatic rings. The van der Waals surface area contributed by atoms with Crippen molar-refractivity contribution in [3.63, 3.8) is 0 Å². The van der Waals surface area contributed by atoms with Crippen molar-refractivity contribution >= 4 is 16.0 Å². The Balaban J connectivity index is 2.13. The van der Waals surface area contributed by atoms with Crippen LogP contribution in [0.25, 0.3) is 0 Å². The van der Waals surface area contributed by atoms with Crippen LogP contribution in [-0.2, 0) is 21.3 Å². The molecular weight excluding hydrogens is 306 g/mol. The highest BCUT2D eigenvalue weighted by atomic mass is 32.2. The van der Waals surface area contributed by atoms with Crippen LogP contribution in [0.4, 0.5) is 0 Å². The van der Waals surface area contributed by atoms with Crippen LogP contribution in [0.1, 0.15) is 27.4 Å². The Morgan fingerprint density at radius 3 is 2.36 bits per heavy atom. The number of benzene rings is 1. The molecule has 0 saturated carbocycles. The molecule has 2 rings (SSSR count). The summed E-state index contributed by atoms with van der Waals surface area (Å²) < 4.78 is 36.9. The number of rotatable bonds is 5. The van der Waals surface area contributed by atoms with E-state index in [-0.39, 0.29) is 11.4 Å². The highest BCUT2D eigenvalue weighted by molar-refractivity contribution is 7.89. The van der Waals surface area contributed by atoms with Crippen LogP contribution >= 0.6 is 0 Å². The van der Waals surface area contributed by atoms with Gasteiger partial charge in [0.05, 0.1) is 17.6 Å². The maximum atomic E-state index is 12.2. The second-order valence-corrected chi connectivity index (χ2v) is 6.55. The van der Waals surface area contributed by atoms with Gasteiger partial charge in [0.1, 0.15) is 11.5 Å². The number of methoxy groups -OCH3 is 1. The summed E-state index contributed by atoms with van der Waals surface area (Å²) >= 11 is 0. The number of aryl methyl sites for hydroxylation is 2. The van der Waals surface area contributed by atoms with Crippen LogP contribution in [0.3, 0.4) is 0 Å². The number of ether oxygens (including phenoxy) is 1. The molecule has 1 aromatic carbocycles. The molecule has 0 fully saturated rings. The van der Waals surface area contributed by atoms with E-state index in [0.717, 1.165) is 11.3 Å². The highest BCUT2D eigenvalue weighted by Gasteiger charge is 2.16. The van der Waals surface area contributed by atoms with E-state index < -0.39 is 16.0 Å². The minimum absolute atomic E-state index is 0.0815. The Kier molecular flexibility index (Phi) is 4.68. The molecule has 0 atom stereocenters. The van der Waals surface area contributed by atoms with Gasteiger partial charge >= 0.3 is 5.97 Å². The third-order valence-electron chi connectivity index (χ3n) is 3.18. The van der Waals surface area contributed by atoms with Gasteiger partial charge in [-0.2, -0.15) is 0 Å². The summed E-state index contributed by atoms with van der Waals surface area (Å²) in [4.78, 5) is 11.4. The van der Waals surface area contributed by atoms with E-state index in [2.05, 4.69) is 9.46 Å². The van der Waals surface area contributed by atoms with Crippen LogP contribution in [0, 0.1) is 13.8 Å². The largest absolute Gasteiger partial charge is 0.466 e. The van der Waals surface area contributed by atoms with Gasteiger partial charge in [-0.25, -0.2) is 17.9 Å². The van der Waals surface area contributed by atoms with E-state index in [1.165, 1.54) is 31.4 Å². The van der Waals surface area contributed by atoms with Crippen LogP contribution in [0.5, 0.6) is 0 Å². The molecule has 0 radical (unpaired) electrons. The van der Waals surface area contributed by atoms with Gasteiger partial charge in [-0.1, -0.05) is 0 Å². The van der Waals surface area contributed by atoms with Gasteiger partial charge in [0.2, 0.25) is 10.0 Å². The highest BCUT2D eigenvalue weighted by Crippen LogP contribution is 2.16. The van der Waals surface area contributed by atoms with Crippen molar-refractivity contribution in [3.05, 3.63) is 53.0 Å². The number of hydrogen-bond acceptors (Lipinski definition) is 5. The lowest BCUT2D eigenvalue weighted by atomic mass is 10.2. The normalized spacial score (nSPS) is 11.4. The molecule has 2 aromatic rings. The molecule has 0 bridgehead atoms. The summed E-state index contributed by atoms with van der Waals surface area (Å²) in [6.45, 7) is 3.72. The Bertz CT molecular complexity index is 775. The first-order chi connectivity index (χ1) is 10.3. The van der Waals surface area contributed by atoms with E-state index >= 15 is 0 Å². The number of furan rings is 1. The third-order valence-corrected chi connectivity index (χ3v) is 4.60. The standard InChI is InChI=1S/C15H17NO5S/c1-10-8-13(11(2)21-10)9-16-22(18,19)14-6-4-12(5-7-14)15(17)20-3/h4-8,16H,9H2,1-3H3. The van der Waals surface area contributed by atoms with Crippen LogP contribution < -0.4 is 4.72 Å². The number of carbonyl (C=O) groups is 1. The number of sulfonamides is 1. The number of hydrogen-bond donors (Lipinski definition) is 1. The molecule has 0 aliphatic carbocycles. The molecule has 1 heterocycles. The van der Waals surface area contributed by atoms with E-state index in [4.69, 9.17) is 4.42 Å². The average molecular weight is 323 g/mol. The fraction of sp³-hybridized carbons (Fsp3) is 0.267. The van der Waals surface area contributed by atoms with Crippen molar-refractivity contribution in [1.29, 1.82) is 0 Å². The molecular formula is C15H17NO5S. The number of carbonyl (C=O) groups excluding carboxylic acids is 1. The molecule has 1 aromatic heterocycles. The number of nitrogens with one attached hydrogen (secondary N) is 1. The molecule has 0 saturated heterocycles. The SMILES string of the molecule is COC(=O)c1ccc(S(=O)(=O)NCc2cc(C)oc2C)cc1. The second-order valence-electron chi connectivity index (χ2n) is 4.78. The molecule has 1 N–H and O–H groups in total. The van der Waals surface area contributed by atoms with Crippen LogP contribution in [0.15, 0.2) is 39.6 Å². The van der Waals surface area contributed by atoms with Crippen molar-refractivity contribution in [2.75, 3.05) is 7.11 Å². The van der Waals surface area contributed by atoms with Crippen molar-refractivity contribution in [2.24, 2.45) is 0 Å². The van der Waals surface area contributed by atoms with E-state index in [1.54, 1.807) is 19.9 Å². The predicted molar refractivity (Wildman–Crippen MR) is 80.0 cm³/mol.